The fraction of sp³-hybridized carbons (Fsp3) is 0.318. The van der Waals surface area contributed by atoms with Gasteiger partial charge >= 0.3 is 0 Å². The summed E-state index contributed by atoms with van der Waals surface area (Å²) in [5, 5.41) is 4.25. The molecule has 4 heteroatoms. The Balaban J connectivity index is 1.63. The van der Waals surface area contributed by atoms with Crippen molar-refractivity contribution in [2.24, 2.45) is 0 Å². The van der Waals surface area contributed by atoms with E-state index in [2.05, 4.69) is 34.5 Å². The van der Waals surface area contributed by atoms with Crippen LogP contribution in [0.4, 0.5) is 0 Å². The molecule has 3 nitrogen and oxygen atoms in total. The summed E-state index contributed by atoms with van der Waals surface area (Å²) in [6.07, 6.45) is 2.74. The lowest BCUT2D eigenvalue weighted by atomic mass is 10.0. The molecule has 1 amide bonds. The van der Waals surface area contributed by atoms with E-state index in [1.165, 1.54) is 4.88 Å². The predicted octanol–water partition coefficient (Wildman–Crippen LogP) is 4.77. The van der Waals surface area contributed by atoms with Crippen molar-refractivity contribution >= 4 is 28.0 Å². The molecule has 26 heavy (non-hydrogen) atoms. The Labute approximate surface area is 158 Å². The number of nitrogens with zero attached hydrogens (tertiary/aromatic N) is 1. The van der Waals surface area contributed by atoms with E-state index in [0.717, 1.165) is 55.4 Å². The lowest BCUT2D eigenvalue weighted by molar-refractivity contribution is 0.0295. The topological polar surface area (TPSA) is 29.5 Å². The third-order valence-corrected chi connectivity index (χ3v) is 6.03. The van der Waals surface area contributed by atoms with Gasteiger partial charge in [-0.3, -0.25) is 4.79 Å². The van der Waals surface area contributed by atoms with Crippen LogP contribution in [0.1, 0.15) is 28.1 Å². The molecule has 134 valence electrons. The second-order valence-electron chi connectivity index (χ2n) is 6.70. The lowest BCUT2D eigenvalue weighted by Crippen LogP contribution is -2.44. The monoisotopic (exact) mass is 365 g/mol. The molecule has 1 aliphatic rings. The van der Waals surface area contributed by atoms with E-state index in [9.17, 15) is 4.79 Å². The summed E-state index contributed by atoms with van der Waals surface area (Å²) >= 11 is 1.76. The first-order chi connectivity index (χ1) is 12.8. The third kappa shape index (κ3) is 3.67. The predicted molar refractivity (Wildman–Crippen MR) is 107 cm³/mol. The number of hydrogen-bond acceptors (Lipinski definition) is 3. The minimum atomic E-state index is 0.144. The fourth-order valence-electron chi connectivity index (χ4n) is 3.70. The Morgan fingerprint density at radius 1 is 1.04 bits per heavy atom. The van der Waals surface area contributed by atoms with Crippen molar-refractivity contribution in [1.29, 1.82) is 0 Å². The Bertz CT molecular complexity index is 863. The quantitative estimate of drug-likeness (QED) is 0.652. The van der Waals surface area contributed by atoms with Crippen LogP contribution in [0, 0.1) is 0 Å². The van der Waals surface area contributed by atoms with Crippen molar-refractivity contribution < 1.29 is 9.53 Å². The molecule has 4 rings (SSSR count). The average molecular weight is 365 g/mol. The van der Waals surface area contributed by atoms with Gasteiger partial charge in [-0.1, -0.05) is 42.5 Å². The first kappa shape index (κ1) is 17.3. The molecule has 0 aliphatic carbocycles. The van der Waals surface area contributed by atoms with Crippen molar-refractivity contribution in [1.82, 2.24) is 4.90 Å². The third-order valence-electron chi connectivity index (χ3n) is 5.09. The molecular weight excluding hydrogens is 342 g/mol. The van der Waals surface area contributed by atoms with Gasteiger partial charge in [-0.15, -0.1) is 11.3 Å². The zero-order valence-corrected chi connectivity index (χ0v) is 15.6. The Morgan fingerprint density at radius 3 is 2.65 bits per heavy atom. The summed E-state index contributed by atoms with van der Waals surface area (Å²) in [5.41, 5.74) is 0.806. The van der Waals surface area contributed by atoms with E-state index < -0.39 is 0 Å². The minimum absolute atomic E-state index is 0.144. The van der Waals surface area contributed by atoms with Crippen molar-refractivity contribution in [3.05, 3.63) is 70.4 Å². The number of fused-ring (bicyclic) bond motifs is 1. The zero-order chi connectivity index (χ0) is 17.8. The molecule has 0 N–H and O–H groups in total. The molecular formula is C22H23NO2S. The maximum absolute atomic E-state index is 13.5. The Kier molecular flexibility index (Phi) is 5.32. The number of amides is 1. The van der Waals surface area contributed by atoms with E-state index in [4.69, 9.17) is 4.74 Å². The molecule has 2 aromatic carbocycles. The van der Waals surface area contributed by atoms with Crippen LogP contribution in [0.5, 0.6) is 0 Å². The largest absolute Gasteiger partial charge is 0.381 e. The molecule has 0 unspecified atom stereocenters. The van der Waals surface area contributed by atoms with Crippen molar-refractivity contribution in [3.8, 4) is 0 Å². The number of hydrogen-bond donors (Lipinski definition) is 0. The van der Waals surface area contributed by atoms with E-state index >= 15 is 0 Å². The molecule has 3 aromatic rings. The van der Waals surface area contributed by atoms with E-state index in [-0.39, 0.29) is 11.9 Å². The van der Waals surface area contributed by atoms with Gasteiger partial charge in [-0.2, -0.15) is 0 Å². The average Bonchev–Trinajstić information content (AvgIpc) is 3.22. The van der Waals surface area contributed by atoms with Crippen LogP contribution in [0.15, 0.2) is 60.0 Å². The SMILES string of the molecule is O=C(c1cccc2ccccc12)N(CCc1cccs1)C1CCOCC1. The smallest absolute Gasteiger partial charge is 0.254 e. The number of thiophene rings is 1. The lowest BCUT2D eigenvalue weighted by Gasteiger charge is -2.34. The number of benzene rings is 2. The maximum atomic E-state index is 13.5. The van der Waals surface area contributed by atoms with E-state index in [1.807, 2.05) is 30.3 Å². The summed E-state index contributed by atoms with van der Waals surface area (Å²) in [4.78, 5) is 16.9. The van der Waals surface area contributed by atoms with Gasteiger partial charge < -0.3 is 9.64 Å². The van der Waals surface area contributed by atoms with Crippen molar-refractivity contribution in [2.75, 3.05) is 19.8 Å². The van der Waals surface area contributed by atoms with Crippen LogP contribution in [0.3, 0.4) is 0 Å². The molecule has 1 aliphatic heterocycles. The highest BCUT2D eigenvalue weighted by Crippen LogP contribution is 2.24. The summed E-state index contributed by atoms with van der Waals surface area (Å²) in [7, 11) is 0. The first-order valence-electron chi connectivity index (χ1n) is 9.22. The van der Waals surface area contributed by atoms with Gasteiger partial charge in [0.2, 0.25) is 0 Å². The minimum Gasteiger partial charge on any atom is -0.381 e. The second-order valence-corrected chi connectivity index (χ2v) is 7.73. The summed E-state index contributed by atoms with van der Waals surface area (Å²) in [5.74, 6) is 0.144. The molecule has 1 fully saturated rings. The zero-order valence-electron chi connectivity index (χ0n) is 14.8. The molecule has 0 radical (unpaired) electrons. The van der Waals surface area contributed by atoms with Gasteiger partial charge in [-0.05, 0) is 47.5 Å². The highest BCUT2D eigenvalue weighted by molar-refractivity contribution is 7.09. The fourth-order valence-corrected chi connectivity index (χ4v) is 4.40. The Hall–Kier alpha value is -2.17. The second kappa shape index (κ2) is 8.02. The maximum Gasteiger partial charge on any atom is 0.254 e. The van der Waals surface area contributed by atoms with Crippen LogP contribution < -0.4 is 0 Å². The number of carbonyl (C=O) groups excluding carboxylic acids is 1. The van der Waals surface area contributed by atoms with Crippen molar-refractivity contribution in [3.63, 3.8) is 0 Å². The van der Waals surface area contributed by atoms with Crippen LogP contribution in [-0.4, -0.2) is 36.6 Å². The number of rotatable bonds is 5. The molecule has 0 atom stereocenters. The van der Waals surface area contributed by atoms with Gasteiger partial charge in [-0.25, -0.2) is 0 Å². The van der Waals surface area contributed by atoms with Crippen LogP contribution in [-0.2, 0) is 11.2 Å². The first-order valence-corrected chi connectivity index (χ1v) is 10.1. The highest BCUT2D eigenvalue weighted by atomic mass is 32.1. The summed E-state index contributed by atoms with van der Waals surface area (Å²) in [6.45, 7) is 2.24. The van der Waals surface area contributed by atoms with Gasteiger partial charge in [0.25, 0.3) is 5.91 Å². The number of ether oxygens (including phenoxy) is 1. The van der Waals surface area contributed by atoms with Gasteiger partial charge in [0.1, 0.15) is 0 Å². The normalized spacial score (nSPS) is 15.2. The van der Waals surface area contributed by atoms with Gasteiger partial charge in [0.05, 0.1) is 0 Å². The molecule has 0 saturated carbocycles. The summed E-state index contributed by atoms with van der Waals surface area (Å²) in [6, 6.07) is 18.6. The summed E-state index contributed by atoms with van der Waals surface area (Å²) < 4.78 is 5.52. The van der Waals surface area contributed by atoms with Gasteiger partial charge in [0.15, 0.2) is 0 Å². The standard InChI is InChI=1S/C22H23NO2S/c24-22(21-9-3-6-17-5-1-2-8-20(17)21)23(18-11-14-25-15-12-18)13-10-19-7-4-16-26-19/h1-9,16,18H,10-15H2. The molecule has 1 saturated heterocycles. The van der Waals surface area contributed by atoms with Crippen molar-refractivity contribution in [2.45, 2.75) is 25.3 Å². The van der Waals surface area contributed by atoms with Crippen LogP contribution >= 0.6 is 11.3 Å². The molecule has 1 aromatic heterocycles. The highest BCUT2D eigenvalue weighted by Gasteiger charge is 2.27. The van der Waals surface area contributed by atoms with E-state index in [1.54, 1.807) is 11.3 Å². The molecule has 2 heterocycles. The Morgan fingerprint density at radius 2 is 1.85 bits per heavy atom. The van der Waals surface area contributed by atoms with Crippen LogP contribution in [0.2, 0.25) is 0 Å². The van der Waals surface area contributed by atoms with Crippen LogP contribution in [0.25, 0.3) is 10.8 Å². The number of carbonyl (C=O) groups is 1. The molecule has 0 bridgehead atoms. The van der Waals surface area contributed by atoms with Gasteiger partial charge in [0, 0.05) is 36.2 Å². The molecule has 0 spiro atoms. The van der Waals surface area contributed by atoms with E-state index in [0.29, 0.717) is 0 Å².